The third kappa shape index (κ3) is 3.41. The first-order valence-corrected chi connectivity index (χ1v) is 9.18. The lowest BCUT2D eigenvalue weighted by molar-refractivity contribution is -0.116. The first-order valence-electron chi connectivity index (χ1n) is 9.18. The van der Waals surface area contributed by atoms with Crippen molar-refractivity contribution in [2.75, 3.05) is 5.32 Å². The van der Waals surface area contributed by atoms with Crippen molar-refractivity contribution in [3.63, 3.8) is 0 Å². The molecule has 5 nitrogen and oxygen atoms in total. The minimum absolute atomic E-state index is 0.113. The number of nitrogens with one attached hydrogen (secondary N) is 1. The highest BCUT2D eigenvalue weighted by atomic mass is 19.1. The zero-order valence-electron chi connectivity index (χ0n) is 15.5. The minimum atomic E-state index is -0.399. The van der Waals surface area contributed by atoms with Gasteiger partial charge >= 0.3 is 0 Å². The van der Waals surface area contributed by atoms with Crippen LogP contribution in [0.3, 0.4) is 0 Å². The fourth-order valence-electron chi connectivity index (χ4n) is 3.50. The average molecular weight is 377 g/mol. The maximum atomic E-state index is 13.8. The van der Waals surface area contributed by atoms with Gasteiger partial charge in [-0.2, -0.15) is 0 Å². The number of aryl methyl sites for hydroxylation is 2. The highest BCUT2D eigenvalue weighted by molar-refractivity contribution is 5.90. The van der Waals surface area contributed by atoms with E-state index < -0.39 is 5.82 Å². The summed E-state index contributed by atoms with van der Waals surface area (Å²) in [5.74, 6) is -0.512. The molecule has 2 aromatic heterocycles. The number of anilines is 1. The molecule has 0 unspecified atom stereocenters. The van der Waals surface area contributed by atoms with Gasteiger partial charge in [-0.05, 0) is 61.4 Å². The van der Waals surface area contributed by atoms with E-state index in [1.165, 1.54) is 12.1 Å². The number of nitrogens with zero attached hydrogens (tertiary/aromatic N) is 2. The molecule has 1 amide bonds. The molecular formula is C22H20FN3O2. The quantitative estimate of drug-likeness (QED) is 0.569. The standard InChI is InChI=1S/C22H20FN3O2/c1-15-5-2-6-17(13-15)24-21(27)8-4-12-26-20-14-16(23)9-10-18(20)25-11-3-7-19(25)22(26)28/h2-3,5-7,9-11,13-14H,4,8,12H2,1H3,(H,24,27). The number of hydrogen-bond donors (Lipinski definition) is 1. The first kappa shape index (κ1) is 18.0. The number of carbonyl (C=O) groups is 1. The number of amides is 1. The van der Waals surface area contributed by atoms with E-state index in [0.29, 0.717) is 24.0 Å². The fourth-order valence-corrected chi connectivity index (χ4v) is 3.50. The van der Waals surface area contributed by atoms with Crippen molar-refractivity contribution in [2.45, 2.75) is 26.3 Å². The lowest BCUT2D eigenvalue weighted by atomic mass is 10.2. The van der Waals surface area contributed by atoms with Crippen LogP contribution in [0.25, 0.3) is 16.6 Å². The van der Waals surface area contributed by atoms with Gasteiger partial charge < -0.3 is 14.3 Å². The van der Waals surface area contributed by atoms with E-state index in [1.807, 2.05) is 31.2 Å². The molecule has 6 heteroatoms. The van der Waals surface area contributed by atoms with Crippen molar-refractivity contribution in [3.05, 3.63) is 82.5 Å². The molecule has 0 atom stereocenters. The van der Waals surface area contributed by atoms with Crippen LogP contribution in [0.5, 0.6) is 0 Å². The number of halogens is 1. The molecule has 4 aromatic rings. The van der Waals surface area contributed by atoms with E-state index in [0.717, 1.165) is 16.8 Å². The number of aromatic nitrogens is 2. The summed E-state index contributed by atoms with van der Waals surface area (Å²) in [7, 11) is 0. The molecule has 0 aliphatic heterocycles. The van der Waals surface area contributed by atoms with Gasteiger partial charge in [0.1, 0.15) is 11.3 Å². The summed E-state index contributed by atoms with van der Waals surface area (Å²) in [4.78, 5) is 25.1. The highest BCUT2D eigenvalue weighted by Crippen LogP contribution is 2.17. The maximum absolute atomic E-state index is 13.8. The number of carbonyl (C=O) groups excluding carboxylic acids is 1. The predicted octanol–water partition coefficient (Wildman–Crippen LogP) is 4.12. The van der Waals surface area contributed by atoms with E-state index in [9.17, 15) is 14.0 Å². The molecule has 2 heterocycles. The van der Waals surface area contributed by atoms with Crippen LogP contribution in [0.2, 0.25) is 0 Å². The monoisotopic (exact) mass is 377 g/mol. The van der Waals surface area contributed by atoms with Crippen LogP contribution >= 0.6 is 0 Å². The number of fused-ring (bicyclic) bond motifs is 3. The second kappa shape index (κ2) is 7.31. The summed E-state index contributed by atoms with van der Waals surface area (Å²) < 4.78 is 17.1. The number of hydrogen-bond acceptors (Lipinski definition) is 2. The molecule has 0 saturated heterocycles. The Morgan fingerprint density at radius 2 is 1.89 bits per heavy atom. The Labute approximate surface area is 161 Å². The molecule has 0 fully saturated rings. The van der Waals surface area contributed by atoms with E-state index in [1.54, 1.807) is 33.4 Å². The molecule has 0 aliphatic carbocycles. The van der Waals surface area contributed by atoms with Crippen molar-refractivity contribution in [1.82, 2.24) is 8.97 Å². The summed E-state index contributed by atoms with van der Waals surface area (Å²) >= 11 is 0. The second-order valence-corrected chi connectivity index (χ2v) is 6.87. The van der Waals surface area contributed by atoms with Gasteiger partial charge in [0.15, 0.2) is 0 Å². The van der Waals surface area contributed by atoms with Crippen LogP contribution in [-0.4, -0.2) is 14.9 Å². The van der Waals surface area contributed by atoms with Crippen LogP contribution in [0.4, 0.5) is 10.1 Å². The lowest BCUT2D eigenvalue weighted by Gasteiger charge is -2.13. The predicted molar refractivity (Wildman–Crippen MR) is 108 cm³/mol. The molecule has 0 saturated carbocycles. The van der Waals surface area contributed by atoms with E-state index >= 15 is 0 Å². The summed E-state index contributed by atoms with van der Waals surface area (Å²) in [5.41, 5.74) is 3.44. The van der Waals surface area contributed by atoms with Crippen LogP contribution in [0, 0.1) is 12.7 Å². The largest absolute Gasteiger partial charge is 0.326 e. The highest BCUT2D eigenvalue weighted by Gasteiger charge is 2.12. The van der Waals surface area contributed by atoms with Crippen LogP contribution in [0.15, 0.2) is 65.6 Å². The maximum Gasteiger partial charge on any atom is 0.275 e. The number of benzene rings is 2. The normalized spacial score (nSPS) is 11.2. The van der Waals surface area contributed by atoms with Gasteiger partial charge in [-0.25, -0.2) is 4.39 Å². The Morgan fingerprint density at radius 3 is 2.71 bits per heavy atom. The molecule has 0 aliphatic rings. The van der Waals surface area contributed by atoms with Crippen LogP contribution in [-0.2, 0) is 11.3 Å². The van der Waals surface area contributed by atoms with E-state index in [-0.39, 0.29) is 17.9 Å². The van der Waals surface area contributed by atoms with Gasteiger partial charge in [-0.1, -0.05) is 12.1 Å². The van der Waals surface area contributed by atoms with Crippen molar-refractivity contribution < 1.29 is 9.18 Å². The Morgan fingerprint density at radius 1 is 1.04 bits per heavy atom. The summed E-state index contributed by atoms with van der Waals surface area (Å²) in [6, 6.07) is 15.5. The Kier molecular flexibility index (Phi) is 4.69. The van der Waals surface area contributed by atoms with Gasteiger partial charge in [0.25, 0.3) is 5.56 Å². The second-order valence-electron chi connectivity index (χ2n) is 6.87. The van der Waals surface area contributed by atoms with Crippen molar-refractivity contribution in [2.24, 2.45) is 0 Å². The molecule has 0 bridgehead atoms. The molecule has 28 heavy (non-hydrogen) atoms. The van der Waals surface area contributed by atoms with Gasteiger partial charge in [-0.3, -0.25) is 9.59 Å². The van der Waals surface area contributed by atoms with Crippen LogP contribution in [0.1, 0.15) is 18.4 Å². The third-order valence-corrected chi connectivity index (χ3v) is 4.79. The van der Waals surface area contributed by atoms with E-state index in [2.05, 4.69) is 5.32 Å². The Balaban J connectivity index is 1.55. The van der Waals surface area contributed by atoms with Crippen molar-refractivity contribution >= 4 is 28.1 Å². The smallest absolute Gasteiger partial charge is 0.275 e. The van der Waals surface area contributed by atoms with Gasteiger partial charge in [0.05, 0.1) is 11.0 Å². The number of rotatable bonds is 5. The molecular weight excluding hydrogens is 357 g/mol. The fraction of sp³-hybridized carbons (Fsp3) is 0.182. The Hall–Kier alpha value is -3.41. The lowest BCUT2D eigenvalue weighted by Crippen LogP contribution is -2.23. The molecule has 0 radical (unpaired) electrons. The first-order chi connectivity index (χ1) is 13.5. The molecule has 4 rings (SSSR count). The molecule has 1 N–H and O–H groups in total. The molecule has 142 valence electrons. The minimum Gasteiger partial charge on any atom is -0.326 e. The third-order valence-electron chi connectivity index (χ3n) is 4.79. The van der Waals surface area contributed by atoms with Crippen molar-refractivity contribution in [1.29, 1.82) is 0 Å². The van der Waals surface area contributed by atoms with Crippen LogP contribution < -0.4 is 10.9 Å². The van der Waals surface area contributed by atoms with E-state index in [4.69, 9.17) is 0 Å². The summed E-state index contributed by atoms with van der Waals surface area (Å²) in [6.07, 6.45) is 2.53. The van der Waals surface area contributed by atoms with Gasteiger partial charge in [0, 0.05) is 24.8 Å². The zero-order chi connectivity index (χ0) is 19.7. The van der Waals surface area contributed by atoms with Gasteiger partial charge in [0.2, 0.25) is 5.91 Å². The van der Waals surface area contributed by atoms with Crippen molar-refractivity contribution in [3.8, 4) is 0 Å². The summed E-state index contributed by atoms with van der Waals surface area (Å²) in [6.45, 7) is 2.30. The SMILES string of the molecule is Cc1cccc(NC(=O)CCCn2c(=O)c3cccn3c3ccc(F)cc32)c1. The average Bonchev–Trinajstić information content (AvgIpc) is 3.14. The molecule has 0 spiro atoms. The molecule has 2 aromatic carbocycles. The Bertz CT molecular complexity index is 1240. The van der Waals surface area contributed by atoms with Gasteiger partial charge in [-0.15, -0.1) is 0 Å². The topological polar surface area (TPSA) is 55.5 Å². The zero-order valence-corrected chi connectivity index (χ0v) is 15.5. The summed E-state index contributed by atoms with van der Waals surface area (Å²) in [5, 5.41) is 2.86.